The number of benzene rings is 2. The minimum Gasteiger partial charge on any atom is -0.468 e. The molecule has 0 amide bonds. The van der Waals surface area contributed by atoms with E-state index in [1.165, 1.54) is 14.2 Å². The van der Waals surface area contributed by atoms with E-state index in [9.17, 15) is 9.59 Å². The largest absolute Gasteiger partial charge is 0.468 e. The second-order valence-corrected chi connectivity index (χ2v) is 8.56. The number of hydrogen-bond acceptors (Lipinski definition) is 6. The van der Waals surface area contributed by atoms with Crippen molar-refractivity contribution in [2.24, 2.45) is 5.92 Å². The van der Waals surface area contributed by atoms with Gasteiger partial charge >= 0.3 is 11.9 Å². The SMILES string of the molecule is COC(=O)C(C(=O)OC)[C@@H](c1ccc2ccccc2c1)C1SCCS1. The first-order valence-corrected chi connectivity index (χ1v) is 10.1. The Morgan fingerprint density at radius 2 is 1.56 bits per heavy atom. The number of ether oxygens (including phenoxy) is 2. The number of thioether (sulfide) groups is 2. The van der Waals surface area contributed by atoms with Crippen LogP contribution in [0.25, 0.3) is 10.8 Å². The fourth-order valence-electron chi connectivity index (χ4n) is 3.15. The van der Waals surface area contributed by atoms with Gasteiger partial charge in [0.05, 0.1) is 18.8 Å². The molecule has 1 aliphatic rings. The highest BCUT2D eigenvalue weighted by Crippen LogP contribution is 2.46. The van der Waals surface area contributed by atoms with E-state index in [4.69, 9.17) is 9.47 Å². The molecule has 1 fully saturated rings. The van der Waals surface area contributed by atoms with Gasteiger partial charge in [0.25, 0.3) is 0 Å². The smallest absolute Gasteiger partial charge is 0.320 e. The zero-order valence-electron chi connectivity index (χ0n) is 14.1. The van der Waals surface area contributed by atoms with Crippen LogP contribution in [-0.2, 0) is 19.1 Å². The summed E-state index contributed by atoms with van der Waals surface area (Å²) < 4.78 is 9.97. The standard InChI is InChI=1S/C19H20O4S2/c1-22-17(20)16(18(21)23-2)15(19-24-9-10-25-19)14-8-7-12-5-3-4-6-13(12)11-14/h3-8,11,15-16,19H,9-10H2,1-2H3/t15-/m1/s1. The van der Waals surface area contributed by atoms with Gasteiger partial charge in [-0.15, -0.1) is 23.5 Å². The molecule has 4 nitrogen and oxygen atoms in total. The number of carbonyl (C=O) groups excluding carboxylic acids is 2. The van der Waals surface area contributed by atoms with Crippen molar-refractivity contribution in [1.82, 2.24) is 0 Å². The zero-order chi connectivity index (χ0) is 17.8. The van der Waals surface area contributed by atoms with Gasteiger partial charge < -0.3 is 9.47 Å². The van der Waals surface area contributed by atoms with Crippen LogP contribution in [0.4, 0.5) is 0 Å². The van der Waals surface area contributed by atoms with E-state index in [-0.39, 0.29) is 10.5 Å². The van der Waals surface area contributed by atoms with Crippen molar-refractivity contribution in [3.05, 3.63) is 48.0 Å². The summed E-state index contributed by atoms with van der Waals surface area (Å²) in [6.45, 7) is 0. The lowest BCUT2D eigenvalue weighted by Crippen LogP contribution is -2.35. The third-order valence-corrected chi connectivity index (χ3v) is 7.57. The topological polar surface area (TPSA) is 52.6 Å². The molecule has 0 saturated carbocycles. The van der Waals surface area contributed by atoms with E-state index in [0.717, 1.165) is 27.8 Å². The molecule has 25 heavy (non-hydrogen) atoms. The predicted octanol–water partition coefficient (Wildman–Crippen LogP) is 3.69. The highest BCUT2D eigenvalue weighted by Gasteiger charge is 2.43. The van der Waals surface area contributed by atoms with E-state index < -0.39 is 17.9 Å². The van der Waals surface area contributed by atoms with Gasteiger partial charge in [-0.1, -0.05) is 42.5 Å². The molecule has 6 heteroatoms. The Morgan fingerprint density at radius 1 is 0.960 bits per heavy atom. The van der Waals surface area contributed by atoms with Crippen molar-refractivity contribution in [2.45, 2.75) is 10.5 Å². The quantitative estimate of drug-likeness (QED) is 0.586. The lowest BCUT2D eigenvalue weighted by atomic mass is 9.86. The molecular formula is C19H20O4S2. The third-order valence-electron chi connectivity index (χ3n) is 4.37. The molecule has 3 rings (SSSR count). The van der Waals surface area contributed by atoms with E-state index >= 15 is 0 Å². The number of esters is 2. The Bertz CT molecular complexity index is 755. The summed E-state index contributed by atoms with van der Waals surface area (Å²) >= 11 is 3.56. The highest BCUT2D eigenvalue weighted by atomic mass is 32.2. The van der Waals surface area contributed by atoms with Gasteiger partial charge in [0.15, 0.2) is 5.92 Å². The molecule has 1 heterocycles. The molecule has 0 N–H and O–H groups in total. The molecule has 1 atom stereocenters. The lowest BCUT2D eigenvalue weighted by Gasteiger charge is -2.28. The second-order valence-electron chi connectivity index (χ2n) is 5.77. The van der Waals surface area contributed by atoms with E-state index in [0.29, 0.717) is 0 Å². The number of methoxy groups -OCH3 is 2. The van der Waals surface area contributed by atoms with Gasteiger partial charge in [-0.25, -0.2) is 0 Å². The normalized spacial score (nSPS) is 16.1. The van der Waals surface area contributed by atoms with E-state index in [1.807, 2.05) is 36.4 Å². The number of carbonyl (C=O) groups is 2. The minimum atomic E-state index is -0.959. The van der Waals surface area contributed by atoms with Crippen molar-refractivity contribution in [1.29, 1.82) is 0 Å². The molecule has 1 aliphatic heterocycles. The first-order chi connectivity index (χ1) is 12.2. The van der Waals surface area contributed by atoms with Gasteiger partial charge in [0.2, 0.25) is 0 Å². The van der Waals surface area contributed by atoms with Crippen LogP contribution in [0.1, 0.15) is 11.5 Å². The summed E-state index contributed by atoms with van der Waals surface area (Å²) in [5.41, 5.74) is 0.964. The van der Waals surface area contributed by atoms with Crippen molar-refractivity contribution < 1.29 is 19.1 Å². The van der Waals surface area contributed by atoms with Gasteiger partial charge in [0, 0.05) is 17.4 Å². The molecule has 0 aromatic heterocycles. The maximum atomic E-state index is 12.4. The number of hydrogen-bond donors (Lipinski definition) is 0. The summed E-state index contributed by atoms with van der Waals surface area (Å²) in [4.78, 5) is 24.8. The molecule has 0 unspecified atom stereocenters. The van der Waals surface area contributed by atoms with Crippen LogP contribution in [0.3, 0.4) is 0 Å². The molecule has 2 aromatic carbocycles. The Labute approximate surface area is 155 Å². The fraction of sp³-hybridized carbons (Fsp3) is 0.368. The van der Waals surface area contributed by atoms with Crippen molar-refractivity contribution in [3.8, 4) is 0 Å². The first kappa shape index (κ1) is 18.1. The van der Waals surface area contributed by atoms with Crippen LogP contribution in [-0.4, -0.2) is 42.2 Å². The number of fused-ring (bicyclic) bond motifs is 1. The molecule has 0 radical (unpaired) electrons. The lowest BCUT2D eigenvalue weighted by molar-refractivity contribution is -0.159. The highest BCUT2D eigenvalue weighted by molar-refractivity contribution is 8.20. The minimum absolute atomic E-state index is 0.115. The summed E-state index contributed by atoms with van der Waals surface area (Å²) in [5.74, 6) is -0.319. The Balaban J connectivity index is 2.08. The van der Waals surface area contributed by atoms with Crippen molar-refractivity contribution >= 4 is 46.2 Å². The Hall–Kier alpha value is -1.66. The monoisotopic (exact) mass is 376 g/mol. The van der Waals surface area contributed by atoms with Gasteiger partial charge in [0.1, 0.15) is 0 Å². The number of rotatable bonds is 5. The zero-order valence-corrected chi connectivity index (χ0v) is 15.8. The van der Waals surface area contributed by atoms with Gasteiger partial charge in [-0.2, -0.15) is 0 Å². The van der Waals surface area contributed by atoms with Crippen LogP contribution >= 0.6 is 23.5 Å². The van der Waals surface area contributed by atoms with Crippen LogP contribution in [0.2, 0.25) is 0 Å². The summed E-state index contributed by atoms with van der Waals surface area (Å²) in [5, 5.41) is 2.22. The molecular weight excluding hydrogens is 356 g/mol. The van der Waals surface area contributed by atoms with E-state index in [2.05, 4.69) is 6.07 Å². The van der Waals surface area contributed by atoms with Crippen LogP contribution in [0, 0.1) is 5.92 Å². The van der Waals surface area contributed by atoms with Crippen LogP contribution < -0.4 is 0 Å². The molecule has 0 spiro atoms. The van der Waals surface area contributed by atoms with Crippen molar-refractivity contribution in [3.63, 3.8) is 0 Å². The average molecular weight is 376 g/mol. The van der Waals surface area contributed by atoms with Crippen molar-refractivity contribution in [2.75, 3.05) is 25.7 Å². The maximum Gasteiger partial charge on any atom is 0.320 e. The van der Waals surface area contributed by atoms with Gasteiger partial charge in [-0.3, -0.25) is 9.59 Å². The summed E-state index contributed by atoms with van der Waals surface area (Å²) in [7, 11) is 2.62. The molecule has 2 aromatic rings. The molecule has 0 aliphatic carbocycles. The molecule has 132 valence electrons. The van der Waals surface area contributed by atoms with Gasteiger partial charge in [-0.05, 0) is 16.3 Å². The van der Waals surface area contributed by atoms with Crippen LogP contribution in [0.15, 0.2) is 42.5 Å². The van der Waals surface area contributed by atoms with E-state index in [1.54, 1.807) is 23.5 Å². The summed E-state index contributed by atoms with van der Waals surface area (Å²) in [6.07, 6.45) is 0. The summed E-state index contributed by atoms with van der Waals surface area (Å²) in [6, 6.07) is 14.2. The average Bonchev–Trinajstić information content (AvgIpc) is 3.18. The predicted molar refractivity (Wildman–Crippen MR) is 103 cm³/mol. The molecule has 0 bridgehead atoms. The first-order valence-electron chi connectivity index (χ1n) is 8.03. The fourth-order valence-corrected chi connectivity index (χ4v) is 6.39. The maximum absolute atomic E-state index is 12.4. The Morgan fingerprint density at radius 3 is 2.16 bits per heavy atom. The second kappa shape index (κ2) is 8.15. The van der Waals surface area contributed by atoms with Crippen LogP contribution in [0.5, 0.6) is 0 Å². The Kier molecular flexibility index (Phi) is 5.91. The molecule has 1 saturated heterocycles. The third kappa shape index (κ3) is 3.80.